The van der Waals surface area contributed by atoms with Crippen molar-refractivity contribution in [3.05, 3.63) is 34.4 Å². The summed E-state index contributed by atoms with van der Waals surface area (Å²) in [5.41, 5.74) is 5.75. The highest BCUT2D eigenvalue weighted by Crippen LogP contribution is 2.47. The molecule has 1 aliphatic carbocycles. The summed E-state index contributed by atoms with van der Waals surface area (Å²) in [6.45, 7) is 8.99. The molecule has 16 heavy (non-hydrogen) atoms. The molecule has 3 unspecified atom stereocenters. The van der Waals surface area contributed by atoms with Crippen LogP contribution in [-0.2, 0) is 0 Å². The monoisotopic (exact) mass is 217 g/mol. The van der Waals surface area contributed by atoms with Gasteiger partial charge in [-0.1, -0.05) is 19.1 Å². The molecular formula is C15H23N. The lowest BCUT2D eigenvalue weighted by molar-refractivity contribution is 0.501. The van der Waals surface area contributed by atoms with E-state index >= 15 is 0 Å². The van der Waals surface area contributed by atoms with Gasteiger partial charge >= 0.3 is 0 Å². The lowest BCUT2D eigenvalue weighted by atomic mass is 9.93. The fourth-order valence-corrected chi connectivity index (χ4v) is 2.73. The first-order valence-corrected chi connectivity index (χ1v) is 6.29. The van der Waals surface area contributed by atoms with Crippen molar-refractivity contribution in [1.29, 1.82) is 0 Å². The van der Waals surface area contributed by atoms with E-state index in [4.69, 9.17) is 0 Å². The van der Waals surface area contributed by atoms with Gasteiger partial charge in [-0.05, 0) is 68.3 Å². The molecule has 2 rings (SSSR count). The maximum atomic E-state index is 3.50. The summed E-state index contributed by atoms with van der Waals surface area (Å²) in [6, 6.07) is 5.24. The van der Waals surface area contributed by atoms with Crippen LogP contribution in [0.4, 0.5) is 0 Å². The van der Waals surface area contributed by atoms with Gasteiger partial charge in [-0.3, -0.25) is 0 Å². The molecule has 1 aromatic carbocycles. The Balaban J connectivity index is 2.34. The van der Waals surface area contributed by atoms with Gasteiger partial charge in [-0.15, -0.1) is 0 Å². The van der Waals surface area contributed by atoms with Gasteiger partial charge in [-0.25, -0.2) is 0 Å². The van der Waals surface area contributed by atoms with Gasteiger partial charge in [0.15, 0.2) is 0 Å². The van der Waals surface area contributed by atoms with Gasteiger partial charge in [0, 0.05) is 6.04 Å². The van der Waals surface area contributed by atoms with Gasteiger partial charge in [0.05, 0.1) is 0 Å². The Labute approximate surface area is 99.3 Å². The topological polar surface area (TPSA) is 12.0 Å². The fraction of sp³-hybridized carbons (Fsp3) is 0.600. The molecule has 0 saturated heterocycles. The highest BCUT2D eigenvalue weighted by molar-refractivity contribution is 5.39. The van der Waals surface area contributed by atoms with Crippen molar-refractivity contribution in [3.8, 4) is 0 Å². The van der Waals surface area contributed by atoms with E-state index < -0.39 is 0 Å². The Morgan fingerprint density at radius 2 is 1.69 bits per heavy atom. The largest absolute Gasteiger partial charge is 0.313 e. The molecular weight excluding hydrogens is 194 g/mol. The second-order valence-corrected chi connectivity index (χ2v) is 5.44. The summed E-state index contributed by atoms with van der Waals surface area (Å²) in [6.07, 6.45) is 1.37. The molecule has 1 heteroatoms. The Kier molecular flexibility index (Phi) is 3.07. The third-order valence-electron chi connectivity index (χ3n) is 4.13. The average molecular weight is 217 g/mol. The van der Waals surface area contributed by atoms with E-state index in [1.54, 1.807) is 0 Å². The zero-order chi connectivity index (χ0) is 11.9. The Morgan fingerprint density at radius 1 is 1.12 bits per heavy atom. The average Bonchev–Trinajstić information content (AvgIpc) is 2.92. The molecule has 1 N–H and O–H groups in total. The maximum absolute atomic E-state index is 3.50. The lowest BCUT2D eigenvalue weighted by Gasteiger charge is -2.20. The van der Waals surface area contributed by atoms with Gasteiger partial charge in [0.1, 0.15) is 0 Å². The molecule has 1 aliphatic rings. The normalized spacial score (nSPS) is 25.6. The third kappa shape index (κ3) is 2.01. The number of rotatable bonds is 3. The maximum Gasteiger partial charge on any atom is 0.0351 e. The molecule has 0 aromatic heterocycles. The van der Waals surface area contributed by atoms with E-state index in [2.05, 4.69) is 52.2 Å². The minimum atomic E-state index is 0.550. The number of hydrogen-bond acceptors (Lipinski definition) is 1. The molecule has 0 spiro atoms. The van der Waals surface area contributed by atoms with Crippen molar-refractivity contribution in [2.75, 3.05) is 7.05 Å². The Hall–Kier alpha value is -0.820. The summed E-state index contributed by atoms with van der Waals surface area (Å²) in [7, 11) is 2.09. The van der Waals surface area contributed by atoms with Crippen LogP contribution in [0, 0.1) is 32.6 Å². The molecule has 0 aliphatic heterocycles. The Morgan fingerprint density at radius 3 is 2.19 bits per heavy atom. The van der Waals surface area contributed by atoms with E-state index in [0.29, 0.717) is 6.04 Å². The summed E-state index contributed by atoms with van der Waals surface area (Å²) in [5.74, 6) is 1.73. The van der Waals surface area contributed by atoms with Crippen LogP contribution in [0.5, 0.6) is 0 Å². The first kappa shape index (κ1) is 11.7. The van der Waals surface area contributed by atoms with E-state index in [1.165, 1.54) is 28.7 Å². The summed E-state index contributed by atoms with van der Waals surface area (Å²) in [5, 5.41) is 3.50. The highest BCUT2D eigenvalue weighted by atomic mass is 14.9. The number of benzene rings is 1. The predicted molar refractivity (Wildman–Crippen MR) is 69.7 cm³/mol. The van der Waals surface area contributed by atoms with Crippen molar-refractivity contribution >= 4 is 0 Å². The number of nitrogens with one attached hydrogen (secondary N) is 1. The second-order valence-electron chi connectivity index (χ2n) is 5.44. The van der Waals surface area contributed by atoms with Crippen LogP contribution in [0.15, 0.2) is 12.1 Å². The molecule has 1 fully saturated rings. The van der Waals surface area contributed by atoms with Crippen molar-refractivity contribution in [1.82, 2.24) is 5.32 Å². The zero-order valence-electron chi connectivity index (χ0n) is 11.1. The molecule has 1 nitrogen and oxygen atoms in total. The molecule has 0 radical (unpaired) electrons. The van der Waals surface area contributed by atoms with Crippen LogP contribution >= 0.6 is 0 Å². The smallest absolute Gasteiger partial charge is 0.0351 e. The minimum absolute atomic E-state index is 0.550. The quantitative estimate of drug-likeness (QED) is 0.816. The predicted octanol–water partition coefficient (Wildman–Crippen LogP) is 3.53. The zero-order valence-corrected chi connectivity index (χ0v) is 11.1. The fourth-order valence-electron chi connectivity index (χ4n) is 2.73. The second kappa shape index (κ2) is 4.21. The van der Waals surface area contributed by atoms with E-state index in [0.717, 1.165) is 11.8 Å². The summed E-state index contributed by atoms with van der Waals surface area (Å²) in [4.78, 5) is 0. The SMILES string of the molecule is CNC(c1cc(C)c(C)cc1C)C1CC1C. The molecule has 3 atom stereocenters. The summed E-state index contributed by atoms with van der Waals surface area (Å²) >= 11 is 0. The highest BCUT2D eigenvalue weighted by Gasteiger charge is 2.39. The standard InChI is InChI=1S/C15H23N/c1-9-6-11(3)13(7-10(9)2)15(16-5)14-8-12(14)4/h6-7,12,14-16H,8H2,1-5H3. The van der Waals surface area contributed by atoms with E-state index in [9.17, 15) is 0 Å². The first-order chi connectivity index (χ1) is 7.54. The van der Waals surface area contributed by atoms with Crippen LogP contribution in [0.3, 0.4) is 0 Å². The van der Waals surface area contributed by atoms with Gasteiger partial charge in [0.2, 0.25) is 0 Å². The van der Waals surface area contributed by atoms with Crippen LogP contribution < -0.4 is 5.32 Å². The van der Waals surface area contributed by atoms with E-state index in [-0.39, 0.29) is 0 Å². The van der Waals surface area contributed by atoms with Crippen LogP contribution in [0.25, 0.3) is 0 Å². The lowest BCUT2D eigenvalue weighted by Crippen LogP contribution is -2.20. The van der Waals surface area contributed by atoms with Gasteiger partial charge in [0.25, 0.3) is 0 Å². The Bertz CT molecular complexity index is 395. The minimum Gasteiger partial charge on any atom is -0.313 e. The van der Waals surface area contributed by atoms with Crippen LogP contribution in [-0.4, -0.2) is 7.05 Å². The van der Waals surface area contributed by atoms with E-state index in [1.807, 2.05) is 0 Å². The van der Waals surface area contributed by atoms with Crippen molar-refractivity contribution in [2.24, 2.45) is 11.8 Å². The number of hydrogen-bond donors (Lipinski definition) is 1. The molecule has 1 aromatic rings. The molecule has 0 amide bonds. The van der Waals surface area contributed by atoms with Crippen molar-refractivity contribution < 1.29 is 0 Å². The molecule has 1 saturated carbocycles. The molecule has 0 bridgehead atoms. The third-order valence-corrected chi connectivity index (χ3v) is 4.13. The summed E-state index contributed by atoms with van der Waals surface area (Å²) < 4.78 is 0. The van der Waals surface area contributed by atoms with Crippen LogP contribution in [0.1, 0.15) is 41.6 Å². The van der Waals surface area contributed by atoms with Crippen LogP contribution in [0.2, 0.25) is 0 Å². The first-order valence-electron chi connectivity index (χ1n) is 6.29. The number of aryl methyl sites for hydroxylation is 3. The van der Waals surface area contributed by atoms with Crippen molar-refractivity contribution in [3.63, 3.8) is 0 Å². The molecule has 0 heterocycles. The van der Waals surface area contributed by atoms with Crippen molar-refractivity contribution in [2.45, 2.75) is 40.2 Å². The van der Waals surface area contributed by atoms with Gasteiger partial charge < -0.3 is 5.32 Å². The molecule has 88 valence electrons. The van der Waals surface area contributed by atoms with Gasteiger partial charge in [-0.2, -0.15) is 0 Å².